The van der Waals surface area contributed by atoms with Gasteiger partial charge in [-0.2, -0.15) is 0 Å². The van der Waals surface area contributed by atoms with Crippen LogP contribution in [0.3, 0.4) is 0 Å². The number of nitro benzene ring substituents is 1. The van der Waals surface area contributed by atoms with Crippen molar-refractivity contribution in [2.24, 2.45) is 0 Å². The summed E-state index contributed by atoms with van der Waals surface area (Å²) in [6, 6.07) is 3.28. The fraction of sp³-hybridized carbons (Fsp3) is 0.333. The average Bonchev–Trinajstić information content (AvgIpc) is 2.16. The Bertz CT molecular complexity index is 422. The zero-order valence-corrected chi connectivity index (χ0v) is 10.2. The summed E-state index contributed by atoms with van der Waals surface area (Å²) in [5.74, 6) is 0.721. The van der Waals surface area contributed by atoms with Gasteiger partial charge in [-0.3, -0.25) is 10.1 Å². The van der Waals surface area contributed by atoms with Crippen LogP contribution in [-0.4, -0.2) is 25.1 Å². The van der Waals surface area contributed by atoms with Crippen LogP contribution in [-0.2, 0) is 0 Å². The zero-order chi connectivity index (χ0) is 11.0. The van der Waals surface area contributed by atoms with Crippen molar-refractivity contribution in [2.75, 3.05) is 25.1 Å². The molecular weight excluding hydrogens is 311 g/mol. The molecule has 0 spiro atoms. The average molecular weight is 320 g/mol. The number of fused-ring (bicyclic) bond motifs is 1. The monoisotopic (exact) mass is 320 g/mol. The van der Waals surface area contributed by atoms with Gasteiger partial charge < -0.3 is 9.64 Å². The second-order valence-corrected chi connectivity index (χ2v) is 4.46. The summed E-state index contributed by atoms with van der Waals surface area (Å²) in [4.78, 5) is 12.3. The van der Waals surface area contributed by atoms with Gasteiger partial charge in [0, 0.05) is 19.2 Å². The Morgan fingerprint density at radius 3 is 3.00 bits per heavy atom. The van der Waals surface area contributed by atoms with Crippen molar-refractivity contribution in [2.45, 2.75) is 0 Å². The summed E-state index contributed by atoms with van der Waals surface area (Å²) in [7, 11) is 1.90. The molecular formula is C9H9IN2O3. The molecule has 0 radical (unpaired) electrons. The molecule has 0 saturated carbocycles. The Morgan fingerprint density at radius 2 is 2.33 bits per heavy atom. The maximum Gasteiger partial charge on any atom is 0.284 e. The van der Waals surface area contributed by atoms with E-state index in [1.165, 1.54) is 0 Å². The van der Waals surface area contributed by atoms with Crippen molar-refractivity contribution in [3.63, 3.8) is 0 Å². The highest BCUT2D eigenvalue weighted by Gasteiger charge is 2.21. The predicted octanol–water partition coefficient (Wildman–Crippen LogP) is 2.03. The van der Waals surface area contributed by atoms with Crippen LogP contribution in [0.2, 0.25) is 0 Å². The lowest BCUT2D eigenvalue weighted by molar-refractivity contribution is -0.385. The second-order valence-electron chi connectivity index (χ2n) is 3.30. The SMILES string of the molecule is CN1CCOc2cc(I)c([N+](=O)[O-])cc21. The summed E-state index contributed by atoms with van der Waals surface area (Å²) >= 11 is 1.95. The minimum atomic E-state index is -0.371. The van der Waals surface area contributed by atoms with E-state index in [9.17, 15) is 10.1 Å². The van der Waals surface area contributed by atoms with E-state index in [1.54, 1.807) is 12.1 Å². The molecule has 15 heavy (non-hydrogen) atoms. The third kappa shape index (κ3) is 1.85. The van der Waals surface area contributed by atoms with Gasteiger partial charge >= 0.3 is 0 Å². The van der Waals surface area contributed by atoms with E-state index in [2.05, 4.69) is 0 Å². The van der Waals surface area contributed by atoms with Gasteiger partial charge in [0.1, 0.15) is 12.4 Å². The zero-order valence-electron chi connectivity index (χ0n) is 8.07. The number of anilines is 1. The van der Waals surface area contributed by atoms with E-state index in [0.29, 0.717) is 10.2 Å². The highest BCUT2D eigenvalue weighted by atomic mass is 127. The molecule has 5 nitrogen and oxygen atoms in total. The molecule has 1 heterocycles. The van der Waals surface area contributed by atoms with Crippen molar-refractivity contribution >= 4 is 34.0 Å². The Morgan fingerprint density at radius 1 is 1.60 bits per heavy atom. The molecule has 0 saturated heterocycles. The van der Waals surface area contributed by atoms with Crippen LogP contribution in [0, 0.1) is 13.7 Å². The first-order valence-corrected chi connectivity index (χ1v) is 5.49. The van der Waals surface area contributed by atoms with E-state index in [1.807, 2.05) is 34.5 Å². The third-order valence-electron chi connectivity index (χ3n) is 2.32. The number of halogens is 1. The topological polar surface area (TPSA) is 55.6 Å². The molecule has 2 rings (SSSR count). The Labute approximate surface area is 100 Å². The number of hydrogen-bond donors (Lipinski definition) is 0. The van der Waals surface area contributed by atoms with Crippen molar-refractivity contribution < 1.29 is 9.66 Å². The predicted molar refractivity (Wildman–Crippen MR) is 64.6 cm³/mol. The van der Waals surface area contributed by atoms with Crippen LogP contribution in [0.1, 0.15) is 0 Å². The van der Waals surface area contributed by atoms with Gasteiger partial charge in [0.2, 0.25) is 0 Å². The molecule has 0 fully saturated rings. The molecule has 0 aliphatic carbocycles. The highest BCUT2D eigenvalue weighted by Crippen LogP contribution is 2.37. The number of rotatable bonds is 1. The number of hydrogen-bond acceptors (Lipinski definition) is 4. The smallest absolute Gasteiger partial charge is 0.284 e. The Kier molecular flexibility index (Phi) is 2.68. The standard InChI is InChI=1S/C9H9IN2O3/c1-11-2-3-15-9-4-6(10)7(12(13)14)5-8(9)11/h4-5H,2-3H2,1H3. The first kappa shape index (κ1) is 10.5. The first-order valence-electron chi connectivity index (χ1n) is 4.41. The summed E-state index contributed by atoms with van der Waals surface area (Å²) in [6.45, 7) is 1.38. The second kappa shape index (κ2) is 3.84. The van der Waals surface area contributed by atoms with Crippen LogP contribution >= 0.6 is 22.6 Å². The Hall–Kier alpha value is -1.05. The van der Waals surface area contributed by atoms with Gasteiger partial charge in [-0.1, -0.05) is 0 Å². The van der Waals surface area contributed by atoms with Gasteiger partial charge in [0.25, 0.3) is 5.69 Å². The van der Waals surface area contributed by atoms with Crippen LogP contribution in [0.5, 0.6) is 5.75 Å². The molecule has 1 aromatic carbocycles. The molecule has 0 aromatic heterocycles. The molecule has 0 N–H and O–H groups in total. The fourth-order valence-electron chi connectivity index (χ4n) is 1.50. The molecule has 0 amide bonds. The van der Waals surface area contributed by atoms with Crippen molar-refractivity contribution in [3.05, 3.63) is 25.8 Å². The van der Waals surface area contributed by atoms with Crippen LogP contribution in [0.4, 0.5) is 11.4 Å². The lowest BCUT2D eigenvalue weighted by Crippen LogP contribution is -2.28. The van der Waals surface area contributed by atoms with Gasteiger partial charge in [-0.25, -0.2) is 0 Å². The van der Waals surface area contributed by atoms with Gasteiger partial charge in [-0.15, -0.1) is 0 Å². The normalized spacial score (nSPS) is 14.4. The maximum absolute atomic E-state index is 10.8. The van der Waals surface area contributed by atoms with Crippen molar-refractivity contribution in [3.8, 4) is 5.75 Å². The largest absolute Gasteiger partial charge is 0.490 e. The molecule has 0 atom stereocenters. The fourth-order valence-corrected chi connectivity index (χ4v) is 2.13. The van der Waals surface area contributed by atoms with E-state index < -0.39 is 0 Å². The molecule has 0 unspecified atom stereocenters. The minimum Gasteiger partial charge on any atom is -0.490 e. The van der Waals surface area contributed by atoms with Gasteiger partial charge in [0.05, 0.1) is 20.7 Å². The number of nitro groups is 1. The van der Waals surface area contributed by atoms with E-state index >= 15 is 0 Å². The highest BCUT2D eigenvalue weighted by molar-refractivity contribution is 14.1. The number of benzene rings is 1. The van der Waals surface area contributed by atoms with Crippen LogP contribution < -0.4 is 9.64 Å². The minimum absolute atomic E-state index is 0.131. The first-order chi connectivity index (χ1) is 7.09. The summed E-state index contributed by atoms with van der Waals surface area (Å²) < 4.78 is 6.04. The van der Waals surface area contributed by atoms with Crippen molar-refractivity contribution in [1.82, 2.24) is 0 Å². The van der Waals surface area contributed by atoms with Crippen LogP contribution in [0.15, 0.2) is 12.1 Å². The van der Waals surface area contributed by atoms with E-state index in [-0.39, 0.29) is 10.6 Å². The third-order valence-corrected chi connectivity index (χ3v) is 3.18. The van der Waals surface area contributed by atoms with E-state index in [4.69, 9.17) is 4.74 Å². The lowest BCUT2D eigenvalue weighted by atomic mass is 10.2. The Balaban J connectivity index is 2.55. The number of nitrogens with zero attached hydrogens (tertiary/aromatic N) is 2. The molecule has 1 aromatic rings. The lowest BCUT2D eigenvalue weighted by Gasteiger charge is -2.27. The van der Waals surface area contributed by atoms with Crippen molar-refractivity contribution in [1.29, 1.82) is 0 Å². The molecule has 1 aliphatic heterocycles. The quantitative estimate of drug-likeness (QED) is 0.451. The molecule has 0 bridgehead atoms. The maximum atomic E-state index is 10.8. The number of ether oxygens (including phenoxy) is 1. The summed E-state index contributed by atoms with van der Waals surface area (Å²) in [5, 5.41) is 10.8. The van der Waals surface area contributed by atoms with Crippen LogP contribution in [0.25, 0.3) is 0 Å². The molecule has 6 heteroatoms. The van der Waals surface area contributed by atoms with E-state index in [0.717, 1.165) is 18.0 Å². The summed E-state index contributed by atoms with van der Waals surface area (Å²) in [5.41, 5.74) is 0.917. The van der Waals surface area contributed by atoms with Gasteiger partial charge in [0.15, 0.2) is 0 Å². The summed E-state index contributed by atoms with van der Waals surface area (Å²) in [6.07, 6.45) is 0. The molecule has 80 valence electrons. The molecule has 1 aliphatic rings. The van der Waals surface area contributed by atoms with Gasteiger partial charge in [-0.05, 0) is 22.6 Å². The number of likely N-dealkylation sites (N-methyl/N-ethyl adjacent to an activating group) is 1.